The Morgan fingerprint density at radius 2 is 1.86 bits per heavy atom. The number of fused-ring (bicyclic) bond motifs is 1. The molecule has 0 unspecified atom stereocenters. The maximum absolute atomic E-state index is 4.46. The van der Waals surface area contributed by atoms with Gasteiger partial charge in [-0.1, -0.05) is 23.8 Å². The number of hydrogen-bond donors (Lipinski definition) is 0. The van der Waals surface area contributed by atoms with Gasteiger partial charge in [0.25, 0.3) is 0 Å². The maximum atomic E-state index is 4.46. The van der Waals surface area contributed by atoms with E-state index in [0.29, 0.717) is 0 Å². The van der Waals surface area contributed by atoms with Crippen LogP contribution in [-0.2, 0) is 27.2 Å². The van der Waals surface area contributed by atoms with Crippen molar-refractivity contribution in [3.8, 4) is 17.1 Å². The summed E-state index contributed by atoms with van der Waals surface area (Å²) in [4.78, 5) is 8.85. The molecule has 0 saturated carbocycles. The van der Waals surface area contributed by atoms with Gasteiger partial charge in [-0.2, -0.15) is 5.10 Å². The fourth-order valence-corrected chi connectivity index (χ4v) is 2.44. The Balaban J connectivity index is 0.00000144. The topological polar surface area (TPSA) is 48.5 Å². The van der Waals surface area contributed by atoms with Crippen molar-refractivity contribution in [1.82, 2.24) is 24.3 Å². The average Bonchev–Trinajstić information content (AvgIpc) is 3.15. The molecule has 0 amide bonds. The summed E-state index contributed by atoms with van der Waals surface area (Å²) < 4.78 is 3.79. The van der Waals surface area contributed by atoms with Gasteiger partial charge in [-0.3, -0.25) is 14.6 Å². The van der Waals surface area contributed by atoms with Gasteiger partial charge >= 0.3 is 0 Å². The Morgan fingerprint density at radius 3 is 2.68 bits per heavy atom. The number of nitrogens with zero attached hydrogens (tertiary/aromatic N) is 5. The average molecular weight is 467 g/mol. The second kappa shape index (κ2) is 5.83. The SMILES string of the molecule is Cn1cnc2c(-c3ncnn3-c3ccccc3)[c-]ccc21.[Ir]. The zero-order valence-electron chi connectivity index (χ0n) is 11.8. The quantitative estimate of drug-likeness (QED) is 0.427. The molecule has 4 aromatic rings. The molecule has 0 aliphatic carbocycles. The molecule has 2 heterocycles. The van der Waals surface area contributed by atoms with E-state index in [1.165, 1.54) is 0 Å². The smallest absolute Gasteiger partial charge is 0.127 e. The first-order valence-corrected chi connectivity index (χ1v) is 6.62. The monoisotopic (exact) mass is 467 g/mol. The number of aryl methyl sites for hydroxylation is 1. The van der Waals surface area contributed by atoms with Gasteiger partial charge in [0, 0.05) is 32.7 Å². The fourth-order valence-electron chi connectivity index (χ4n) is 2.44. The van der Waals surface area contributed by atoms with Crippen LogP contribution in [0.25, 0.3) is 28.1 Å². The molecule has 111 valence electrons. The minimum Gasteiger partial charge on any atom is -0.352 e. The molecule has 4 rings (SSSR count). The van der Waals surface area contributed by atoms with Gasteiger partial charge in [0.15, 0.2) is 0 Å². The van der Waals surface area contributed by atoms with Crippen molar-refractivity contribution < 1.29 is 20.1 Å². The van der Waals surface area contributed by atoms with Gasteiger partial charge in [-0.05, 0) is 17.6 Å². The van der Waals surface area contributed by atoms with Crippen LogP contribution in [0.2, 0.25) is 0 Å². The van der Waals surface area contributed by atoms with Gasteiger partial charge in [0.1, 0.15) is 6.33 Å². The molecule has 6 heteroatoms. The summed E-state index contributed by atoms with van der Waals surface area (Å²) in [5.74, 6) is 0.741. The Labute approximate surface area is 141 Å². The van der Waals surface area contributed by atoms with Gasteiger partial charge in [0.05, 0.1) is 17.8 Å². The van der Waals surface area contributed by atoms with Crippen molar-refractivity contribution in [2.24, 2.45) is 7.05 Å². The molecule has 0 bridgehead atoms. The molecule has 0 aliphatic heterocycles. The first kappa shape index (κ1) is 14.6. The minimum absolute atomic E-state index is 0. The van der Waals surface area contributed by atoms with E-state index in [2.05, 4.69) is 21.1 Å². The van der Waals surface area contributed by atoms with Crippen molar-refractivity contribution in [2.75, 3.05) is 0 Å². The van der Waals surface area contributed by atoms with Crippen LogP contribution in [-0.4, -0.2) is 24.3 Å². The van der Waals surface area contributed by atoms with E-state index in [1.807, 2.05) is 54.1 Å². The van der Waals surface area contributed by atoms with Crippen LogP contribution in [0.15, 0.2) is 55.1 Å². The Hall–Kier alpha value is -2.30. The van der Waals surface area contributed by atoms with Gasteiger partial charge in [-0.25, -0.2) is 0 Å². The van der Waals surface area contributed by atoms with Crippen LogP contribution in [0.3, 0.4) is 0 Å². The molecule has 2 aromatic heterocycles. The summed E-state index contributed by atoms with van der Waals surface area (Å²) >= 11 is 0. The molecular weight excluding hydrogens is 454 g/mol. The van der Waals surface area contributed by atoms with Crippen molar-refractivity contribution in [3.63, 3.8) is 0 Å². The van der Waals surface area contributed by atoms with E-state index in [1.54, 1.807) is 17.3 Å². The number of imidazole rings is 1. The van der Waals surface area contributed by atoms with Crippen LogP contribution >= 0.6 is 0 Å². The van der Waals surface area contributed by atoms with E-state index in [9.17, 15) is 0 Å². The van der Waals surface area contributed by atoms with Gasteiger partial charge in [-0.15, -0.1) is 18.2 Å². The predicted molar refractivity (Wildman–Crippen MR) is 79.9 cm³/mol. The third-order valence-electron chi connectivity index (χ3n) is 3.46. The van der Waals surface area contributed by atoms with Crippen LogP contribution in [0.1, 0.15) is 0 Å². The first-order valence-electron chi connectivity index (χ1n) is 6.62. The Bertz CT molecular complexity index is 911. The zero-order chi connectivity index (χ0) is 14.2. The van der Waals surface area contributed by atoms with E-state index < -0.39 is 0 Å². The summed E-state index contributed by atoms with van der Waals surface area (Å²) in [6.07, 6.45) is 3.35. The zero-order valence-corrected chi connectivity index (χ0v) is 14.2. The van der Waals surface area contributed by atoms with Crippen LogP contribution in [0.4, 0.5) is 0 Å². The summed E-state index contributed by atoms with van der Waals surface area (Å²) in [5, 5.41) is 4.33. The van der Waals surface area contributed by atoms with Crippen molar-refractivity contribution in [2.45, 2.75) is 0 Å². The van der Waals surface area contributed by atoms with E-state index >= 15 is 0 Å². The number of aromatic nitrogens is 5. The summed E-state index contributed by atoms with van der Waals surface area (Å²) in [5.41, 5.74) is 3.75. The Morgan fingerprint density at radius 1 is 1.05 bits per heavy atom. The largest absolute Gasteiger partial charge is 0.352 e. The van der Waals surface area contributed by atoms with E-state index in [0.717, 1.165) is 28.1 Å². The van der Waals surface area contributed by atoms with Crippen molar-refractivity contribution in [1.29, 1.82) is 0 Å². The van der Waals surface area contributed by atoms with Crippen LogP contribution < -0.4 is 0 Å². The molecule has 5 nitrogen and oxygen atoms in total. The Kier molecular flexibility index (Phi) is 3.88. The molecule has 0 saturated heterocycles. The molecule has 1 radical (unpaired) electrons. The summed E-state index contributed by atoms with van der Waals surface area (Å²) in [6.45, 7) is 0. The molecule has 0 atom stereocenters. The van der Waals surface area contributed by atoms with E-state index in [-0.39, 0.29) is 20.1 Å². The van der Waals surface area contributed by atoms with Crippen molar-refractivity contribution >= 4 is 11.0 Å². The minimum atomic E-state index is 0. The number of rotatable bonds is 2. The molecule has 2 aromatic carbocycles. The molecule has 0 N–H and O–H groups in total. The van der Waals surface area contributed by atoms with E-state index in [4.69, 9.17) is 0 Å². The molecule has 0 fully saturated rings. The fraction of sp³-hybridized carbons (Fsp3) is 0.0625. The molecular formula is C16H12IrN5-. The third-order valence-corrected chi connectivity index (χ3v) is 3.46. The van der Waals surface area contributed by atoms with Gasteiger partial charge in [0.2, 0.25) is 0 Å². The van der Waals surface area contributed by atoms with Crippen LogP contribution in [0, 0.1) is 6.07 Å². The molecule has 22 heavy (non-hydrogen) atoms. The maximum Gasteiger partial charge on any atom is 0.127 e. The van der Waals surface area contributed by atoms with Gasteiger partial charge < -0.3 is 4.57 Å². The standard InChI is InChI=1S/C16H12N5.Ir/c1-20-11-18-15-13(8-5-9-14(15)20)16-17-10-19-21(16)12-6-3-2-4-7-12;/h2-7,9-11H,1H3;/q-1;. The number of hydrogen-bond acceptors (Lipinski definition) is 3. The molecule has 0 aliphatic rings. The first-order chi connectivity index (χ1) is 10.3. The summed E-state index contributed by atoms with van der Waals surface area (Å²) in [6, 6.07) is 17.1. The van der Waals surface area contributed by atoms with Crippen LogP contribution in [0.5, 0.6) is 0 Å². The summed E-state index contributed by atoms with van der Waals surface area (Å²) in [7, 11) is 1.97. The second-order valence-electron chi connectivity index (χ2n) is 4.77. The third kappa shape index (κ3) is 2.26. The van der Waals surface area contributed by atoms with Crippen molar-refractivity contribution in [3.05, 3.63) is 61.2 Å². The number of benzene rings is 2. The second-order valence-corrected chi connectivity index (χ2v) is 4.77. The number of para-hydroxylation sites is 1. The molecule has 0 spiro atoms. The normalized spacial score (nSPS) is 10.6. The predicted octanol–water partition coefficient (Wildman–Crippen LogP) is 2.62.